The molecule has 3 heterocycles. The molecule has 1 saturated heterocycles. The molecule has 2 aromatic carbocycles. The van der Waals surface area contributed by atoms with Gasteiger partial charge in [0.1, 0.15) is 23.1 Å². The summed E-state index contributed by atoms with van der Waals surface area (Å²) < 4.78 is 11.3. The molecular weight excluding hydrogens is 418 g/mol. The Kier molecular flexibility index (Phi) is 5.71. The van der Waals surface area contributed by atoms with Crippen molar-refractivity contribution < 1.29 is 19.4 Å². The Hall–Kier alpha value is -3.84. The normalized spacial score (nSPS) is 17.2. The highest BCUT2D eigenvalue weighted by molar-refractivity contribution is 6.15. The van der Waals surface area contributed by atoms with Crippen LogP contribution in [0, 0.1) is 0 Å². The first kappa shape index (κ1) is 21.0. The van der Waals surface area contributed by atoms with Crippen molar-refractivity contribution in [2.75, 3.05) is 38.2 Å². The summed E-state index contributed by atoms with van der Waals surface area (Å²) >= 11 is 0. The monoisotopic (exact) mass is 443 g/mol. The molecule has 7 nitrogen and oxygen atoms in total. The van der Waals surface area contributed by atoms with Gasteiger partial charge in [0, 0.05) is 38.9 Å². The fourth-order valence-electron chi connectivity index (χ4n) is 4.23. The molecule has 5 rings (SSSR count). The summed E-state index contributed by atoms with van der Waals surface area (Å²) in [5, 5.41) is 10.6. The number of hydrogen-bond acceptors (Lipinski definition) is 7. The van der Waals surface area contributed by atoms with Crippen LogP contribution in [0.1, 0.15) is 21.5 Å². The number of anilines is 1. The second kappa shape index (κ2) is 8.96. The Morgan fingerprint density at radius 1 is 1.09 bits per heavy atom. The highest BCUT2D eigenvalue weighted by Crippen LogP contribution is 2.40. The zero-order chi connectivity index (χ0) is 22.8. The number of aromatic nitrogens is 1. The van der Waals surface area contributed by atoms with Crippen LogP contribution < -0.4 is 14.4 Å². The zero-order valence-corrected chi connectivity index (χ0v) is 18.4. The lowest BCUT2D eigenvalue weighted by Gasteiger charge is -2.35. The number of pyridine rings is 1. The van der Waals surface area contributed by atoms with Gasteiger partial charge in [0.05, 0.1) is 18.2 Å². The summed E-state index contributed by atoms with van der Waals surface area (Å²) in [5.74, 6) is 2.31. The number of ether oxygens (including phenoxy) is 2. The minimum absolute atomic E-state index is 0.135. The molecular formula is C26H25N3O4. The second-order valence-corrected chi connectivity index (χ2v) is 8.11. The van der Waals surface area contributed by atoms with Gasteiger partial charge in [-0.1, -0.05) is 18.2 Å². The number of fused-ring (bicyclic) bond motifs is 1. The van der Waals surface area contributed by atoms with Gasteiger partial charge in [0.2, 0.25) is 5.78 Å². The first-order valence-electron chi connectivity index (χ1n) is 10.9. The van der Waals surface area contributed by atoms with Crippen LogP contribution in [0.15, 0.2) is 66.6 Å². The van der Waals surface area contributed by atoms with Crippen molar-refractivity contribution in [3.8, 4) is 17.2 Å². The van der Waals surface area contributed by atoms with E-state index in [2.05, 4.69) is 14.8 Å². The molecule has 1 fully saturated rings. The second-order valence-electron chi connectivity index (χ2n) is 8.11. The standard InChI is InChI=1S/C26H25N3O4/c1-32-19-6-4-5-18(15-19)16-23-25(31)20-8-9-22(30)21(26(20)33-23)17-28-11-13-29(14-12-28)24-7-2-3-10-27-24/h2-10,15-16,30H,11-14,17H2,1H3/b23-16-. The van der Waals surface area contributed by atoms with Gasteiger partial charge < -0.3 is 19.5 Å². The molecule has 3 aromatic rings. The molecule has 0 radical (unpaired) electrons. The number of ketones is 1. The highest BCUT2D eigenvalue weighted by atomic mass is 16.5. The molecule has 1 N–H and O–H groups in total. The maximum atomic E-state index is 13.0. The molecule has 0 aliphatic carbocycles. The minimum Gasteiger partial charge on any atom is -0.507 e. The van der Waals surface area contributed by atoms with E-state index in [1.54, 1.807) is 31.5 Å². The van der Waals surface area contributed by atoms with Gasteiger partial charge >= 0.3 is 0 Å². The van der Waals surface area contributed by atoms with E-state index in [9.17, 15) is 9.90 Å². The van der Waals surface area contributed by atoms with Crippen molar-refractivity contribution in [2.45, 2.75) is 6.54 Å². The summed E-state index contributed by atoms with van der Waals surface area (Å²) in [7, 11) is 1.60. The smallest absolute Gasteiger partial charge is 0.231 e. The number of Topliss-reactive ketones (excluding diaryl/α,β-unsaturated/α-hetero) is 1. The SMILES string of the molecule is COc1cccc(/C=C2\Oc3c(ccc(O)c3CN3CCN(c4ccccn4)CC3)C2=O)c1. The van der Waals surface area contributed by atoms with Crippen LogP contribution in [-0.2, 0) is 6.54 Å². The van der Waals surface area contributed by atoms with Crippen LogP contribution in [0.5, 0.6) is 17.2 Å². The maximum absolute atomic E-state index is 13.0. The Balaban J connectivity index is 1.34. The lowest BCUT2D eigenvalue weighted by Crippen LogP contribution is -2.46. The fourth-order valence-corrected chi connectivity index (χ4v) is 4.23. The Morgan fingerprint density at radius 3 is 2.70 bits per heavy atom. The predicted octanol–water partition coefficient (Wildman–Crippen LogP) is 3.73. The number of hydrogen-bond donors (Lipinski definition) is 1. The first-order chi connectivity index (χ1) is 16.1. The number of piperazine rings is 1. The van der Waals surface area contributed by atoms with Gasteiger partial charge in [0.25, 0.3) is 0 Å². The van der Waals surface area contributed by atoms with E-state index in [1.165, 1.54) is 0 Å². The van der Waals surface area contributed by atoms with Crippen molar-refractivity contribution in [2.24, 2.45) is 0 Å². The average Bonchev–Trinajstić information content (AvgIpc) is 3.17. The molecule has 168 valence electrons. The summed E-state index contributed by atoms with van der Waals surface area (Å²) in [6, 6.07) is 16.6. The number of phenolic OH excluding ortho intramolecular Hbond substituents is 1. The van der Waals surface area contributed by atoms with Gasteiger partial charge in [0.15, 0.2) is 5.76 Å². The van der Waals surface area contributed by atoms with Crippen molar-refractivity contribution in [1.29, 1.82) is 0 Å². The quantitative estimate of drug-likeness (QED) is 0.602. The van der Waals surface area contributed by atoms with E-state index in [0.29, 0.717) is 29.2 Å². The van der Waals surface area contributed by atoms with Gasteiger partial charge in [-0.05, 0) is 48.0 Å². The van der Waals surface area contributed by atoms with E-state index in [4.69, 9.17) is 9.47 Å². The summed E-state index contributed by atoms with van der Waals surface area (Å²) in [5.41, 5.74) is 1.92. The third-order valence-electron chi connectivity index (χ3n) is 6.04. The van der Waals surface area contributed by atoms with Crippen molar-refractivity contribution in [3.63, 3.8) is 0 Å². The molecule has 1 aromatic heterocycles. The number of benzene rings is 2. The van der Waals surface area contributed by atoms with Gasteiger partial charge in [-0.3, -0.25) is 9.69 Å². The van der Waals surface area contributed by atoms with Crippen LogP contribution in [0.3, 0.4) is 0 Å². The summed E-state index contributed by atoms with van der Waals surface area (Å²) in [6.07, 6.45) is 3.51. The van der Waals surface area contributed by atoms with Crippen LogP contribution in [0.4, 0.5) is 5.82 Å². The largest absolute Gasteiger partial charge is 0.507 e. The zero-order valence-electron chi connectivity index (χ0n) is 18.4. The molecule has 0 saturated carbocycles. The van der Waals surface area contributed by atoms with Gasteiger partial charge in [-0.15, -0.1) is 0 Å². The molecule has 7 heteroatoms. The van der Waals surface area contributed by atoms with E-state index in [1.807, 2.05) is 42.5 Å². The topological polar surface area (TPSA) is 75.1 Å². The van der Waals surface area contributed by atoms with Crippen LogP contribution in [0.25, 0.3) is 6.08 Å². The fraction of sp³-hybridized carbons (Fsp3) is 0.231. The van der Waals surface area contributed by atoms with E-state index in [-0.39, 0.29) is 17.3 Å². The Bertz CT molecular complexity index is 1200. The molecule has 2 aliphatic rings. The van der Waals surface area contributed by atoms with Crippen molar-refractivity contribution >= 4 is 17.7 Å². The molecule has 0 bridgehead atoms. The van der Waals surface area contributed by atoms with Gasteiger partial charge in [-0.2, -0.15) is 0 Å². The van der Waals surface area contributed by atoms with Crippen LogP contribution in [-0.4, -0.2) is 54.1 Å². The molecule has 0 amide bonds. The number of methoxy groups -OCH3 is 1. The van der Waals surface area contributed by atoms with E-state index < -0.39 is 0 Å². The Labute approximate surface area is 192 Å². The van der Waals surface area contributed by atoms with Crippen molar-refractivity contribution in [1.82, 2.24) is 9.88 Å². The van der Waals surface area contributed by atoms with Gasteiger partial charge in [-0.25, -0.2) is 4.98 Å². The number of allylic oxidation sites excluding steroid dienone is 1. The number of carbonyl (C=O) groups is 1. The number of aromatic hydroxyl groups is 1. The lowest BCUT2D eigenvalue weighted by molar-refractivity contribution is 0.101. The van der Waals surface area contributed by atoms with E-state index >= 15 is 0 Å². The lowest BCUT2D eigenvalue weighted by atomic mass is 10.0. The average molecular weight is 444 g/mol. The summed E-state index contributed by atoms with van der Waals surface area (Å²) in [6.45, 7) is 3.83. The molecule has 2 aliphatic heterocycles. The third kappa shape index (κ3) is 4.27. The summed E-state index contributed by atoms with van der Waals surface area (Å²) in [4.78, 5) is 21.9. The van der Waals surface area contributed by atoms with Crippen molar-refractivity contribution in [3.05, 3.63) is 83.2 Å². The highest BCUT2D eigenvalue weighted by Gasteiger charge is 2.32. The number of rotatable bonds is 5. The van der Waals surface area contributed by atoms with Crippen LogP contribution >= 0.6 is 0 Å². The number of nitrogens with zero attached hydrogens (tertiary/aromatic N) is 3. The Morgan fingerprint density at radius 2 is 1.94 bits per heavy atom. The molecule has 0 atom stereocenters. The minimum atomic E-state index is -0.186. The molecule has 0 unspecified atom stereocenters. The number of carbonyl (C=O) groups excluding carboxylic acids is 1. The van der Waals surface area contributed by atoms with E-state index in [0.717, 1.165) is 37.6 Å². The number of phenols is 1. The predicted molar refractivity (Wildman–Crippen MR) is 126 cm³/mol. The first-order valence-corrected chi connectivity index (χ1v) is 10.9. The molecule has 0 spiro atoms. The molecule has 33 heavy (non-hydrogen) atoms. The maximum Gasteiger partial charge on any atom is 0.231 e. The third-order valence-corrected chi connectivity index (χ3v) is 6.04. The van der Waals surface area contributed by atoms with Crippen LogP contribution in [0.2, 0.25) is 0 Å².